The number of ether oxygens (including phenoxy) is 2. The molecule has 0 amide bonds. The zero-order chi connectivity index (χ0) is 13.0. The molecule has 0 saturated heterocycles. The summed E-state index contributed by atoms with van der Waals surface area (Å²) in [5.41, 5.74) is 2.30. The van der Waals surface area contributed by atoms with Crippen LogP contribution in [0, 0.1) is 5.92 Å². The van der Waals surface area contributed by atoms with Gasteiger partial charge in [-0.25, -0.2) is 0 Å². The summed E-state index contributed by atoms with van der Waals surface area (Å²) < 4.78 is 11.4. The van der Waals surface area contributed by atoms with Gasteiger partial charge >= 0.3 is 0 Å². The van der Waals surface area contributed by atoms with Gasteiger partial charge in [-0.15, -0.1) is 0 Å². The van der Waals surface area contributed by atoms with Crippen LogP contribution in [0.1, 0.15) is 32.3 Å². The fourth-order valence-electron chi connectivity index (χ4n) is 2.31. The van der Waals surface area contributed by atoms with Gasteiger partial charge in [-0.3, -0.25) is 0 Å². The molecule has 1 aliphatic rings. The van der Waals surface area contributed by atoms with Crippen LogP contribution in [-0.4, -0.2) is 13.2 Å². The van der Waals surface area contributed by atoms with Gasteiger partial charge in [0.1, 0.15) is 13.2 Å². The Hall–Kier alpha value is -1.44. The Bertz CT molecular complexity index is 423. The molecule has 0 N–H and O–H groups in total. The molecular weight excluding hydrogens is 224 g/mol. The van der Waals surface area contributed by atoms with Crippen LogP contribution in [0.3, 0.4) is 0 Å². The SMILES string of the molecule is C=C1COc2ccc(CC(C)CCC)cc2OC1. The van der Waals surface area contributed by atoms with Crippen LogP contribution in [0.15, 0.2) is 30.4 Å². The topological polar surface area (TPSA) is 18.5 Å². The van der Waals surface area contributed by atoms with Gasteiger partial charge in [0.05, 0.1) is 0 Å². The van der Waals surface area contributed by atoms with E-state index in [4.69, 9.17) is 9.47 Å². The van der Waals surface area contributed by atoms with Crippen molar-refractivity contribution in [2.45, 2.75) is 33.1 Å². The van der Waals surface area contributed by atoms with E-state index in [9.17, 15) is 0 Å². The second-order valence-corrected chi connectivity index (χ2v) is 5.21. The Balaban J connectivity index is 2.09. The molecule has 1 aromatic rings. The van der Waals surface area contributed by atoms with Gasteiger partial charge in [-0.05, 0) is 35.6 Å². The number of hydrogen-bond acceptors (Lipinski definition) is 2. The Kier molecular flexibility index (Phi) is 4.29. The smallest absolute Gasteiger partial charge is 0.161 e. The van der Waals surface area contributed by atoms with Gasteiger partial charge < -0.3 is 9.47 Å². The molecule has 2 heteroatoms. The van der Waals surface area contributed by atoms with Crippen LogP contribution in [0.2, 0.25) is 0 Å². The van der Waals surface area contributed by atoms with E-state index in [1.165, 1.54) is 18.4 Å². The molecule has 2 rings (SSSR count). The van der Waals surface area contributed by atoms with Gasteiger partial charge in [0, 0.05) is 0 Å². The van der Waals surface area contributed by atoms with E-state index in [0.29, 0.717) is 13.2 Å². The zero-order valence-electron chi connectivity index (χ0n) is 11.4. The highest BCUT2D eigenvalue weighted by Crippen LogP contribution is 2.32. The Morgan fingerprint density at radius 2 is 1.94 bits per heavy atom. The molecular formula is C16H22O2. The molecule has 0 radical (unpaired) electrons. The molecule has 1 aliphatic heterocycles. The molecule has 1 heterocycles. The maximum Gasteiger partial charge on any atom is 0.161 e. The van der Waals surface area contributed by atoms with Crippen molar-refractivity contribution in [1.82, 2.24) is 0 Å². The fraction of sp³-hybridized carbons (Fsp3) is 0.500. The van der Waals surface area contributed by atoms with E-state index in [1.54, 1.807) is 0 Å². The number of hydrogen-bond donors (Lipinski definition) is 0. The Morgan fingerprint density at radius 3 is 2.67 bits per heavy atom. The summed E-state index contributed by atoms with van der Waals surface area (Å²) in [6, 6.07) is 6.27. The lowest BCUT2D eigenvalue weighted by atomic mass is 9.97. The third-order valence-electron chi connectivity index (χ3n) is 3.24. The lowest BCUT2D eigenvalue weighted by molar-refractivity contribution is 0.354. The summed E-state index contributed by atoms with van der Waals surface area (Å²) in [5, 5.41) is 0. The Morgan fingerprint density at radius 1 is 1.22 bits per heavy atom. The summed E-state index contributed by atoms with van der Waals surface area (Å²) in [6.07, 6.45) is 3.61. The summed E-state index contributed by atoms with van der Waals surface area (Å²) in [6.45, 7) is 9.55. The maximum atomic E-state index is 5.72. The van der Waals surface area contributed by atoms with Gasteiger partial charge in [-0.2, -0.15) is 0 Å². The second-order valence-electron chi connectivity index (χ2n) is 5.21. The van der Waals surface area contributed by atoms with Crippen molar-refractivity contribution in [1.29, 1.82) is 0 Å². The van der Waals surface area contributed by atoms with Crippen molar-refractivity contribution in [2.75, 3.05) is 13.2 Å². The number of fused-ring (bicyclic) bond motifs is 1. The van der Waals surface area contributed by atoms with Crippen molar-refractivity contribution in [3.63, 3.8) is 0 Å². The highest BCUT2D eigenvalue weighted by Gasteiger charge is 2.13. The average molecular weight is 246 g/mol. The largest absolute Gasteiger partial charge is 0.485 e. The van der Waals surface area contributed by atoms with Crippen molar-refractivity contribution < 1.29 is 9.47 Å². The van der Waals surface area contributed by atoms with Gasteiger partial charge in [0.25, 0.3) is 0 Å². The highest BCUT2D eigenvalue weighted by atomic mass is 16.5. The predicted octanol–water partition coefficient (Wildman–Crippen LogP) is 3.99. The molecule has 1 aromatic carbocycles. The summed E-state index contributed by atoms with van der Waals surface area (Å²) in [4.78, 5) is 0. The predicted molar refractivity (Wildman–Crippen MR) is 74.3 cm³/mol. The summed E-state index contributed by atoms with van der Waals surface area (Å²) in [5.74, 6) is 2.41. The molecule has 0 fully saturated rings. The third-order valence-corrected chi connectivity index (χ3v) is 3.24. The van der Waals surface area contributed by atoms with Crippen molar-refractivity contribution >= 4 is 0 Å². The quantitative estimate of drug-likeness (QED) is 0.748. The minimum Gasteiger partial charge on any atom is -0.485 e. The van der Waals surface area contributed by atoms with Gasteiger partial charge in [-0.1, -0.05) is 39.3 Å². The van der Waals surface area contributed by atoms with E-state index in [-0.39, 0.29) is 0 Å². The molecule has 0 bridgehead atoms. The van der Waals surface area contributed by atoms with Crippen molar-refractivity contribution in [3.05, 3.63) is 35.9 Å². The molecule has 1 atom stereocenters. The van der Waals surface area contributed by atoms with Crippen LogP contribution in [0.25, 0.3) is 0 Å². The van der Waals surface area contributed by atoms with E-state index in [2.05, 4.69) is 32.6 Å². The third kappa shape index (κ3) is 3.28. The minimum atomic E-state index is 0.554. The summed E-state index contributed by atoms with van der Waals surface area (Å²) >= 11 is 0. The first-order valence-corrected chi connectivity index (χ1v) is 6.74. The van der Waals surface area contributed by atoms with E-state index < -0.39 is 0 Å². The van der Waals surface area contributed by atoms with Crippen LogP contribution in [0.4, 0.5) is 0 Å². The lowest BCUT2D eigenvalue weighted by Crippen LogP contribution is -2.02. The van der Waals surface area contributed by atoms with Crippen molar-refractivity contribution in [3.8, 4) is 11.5 Å². The minimum absolute atomic E-state index is 0.554. The molecule has 0 saturated carbocycles. The monoisotopic (exact) mass is 246 g/mol. The number of rotatable bonds is 4. The molecule has 0 aromatic heterocycles. The van der Waals surface area contributed by atoms with Gasteiger partial charge in [0.15, 0.2) is 11.5 Å². The maximum absolute atomic E-state index is 5.72. The van der Waals surface area contributed by atoms with Crippen LogP contribution in [-0.2, 0) is 6.42 Å². The molecule has 0 aliphatic carbocycles. The zero-order valence-corrected chi connectivity index (χ0v) is 11.4. The lowest BCUT2D eigenvalue weighted by Gasteiger charge is -2.12. The molecule has 98 valence electrons. The van der Waals surface area contributed by atoms with E-state index in [1.807, 2.05) is 6.07 Å². The highest BCUT2D eigenvalue weighted by molar-refractivity contribution is 5.44. The molecule has 1 unspecified atom stereocenters. The fourth-order valence-corrected chi connectivity index (χ4v) is 2.31. The van der Waals surface area contributed by atoms with Crippen LogP contribution in [0.5, 0.6) is 11.5 Å². The van der Waals surface area contributed by atoms with Crippen LogP contribution < -0.4 is 9.47 Å². The van der Waals surface area contributed by atoms with E-state index >= 15 is 0 Å². The first-order valence-electron chi connectivity index (χ1n) is 6.74. The molecule has 0 spiro atoms. The molecule has 18 heavy (non-hydrogen) atoms. The molecule has 2 nitrogen and oxygen atoms in total. The average Bonchev–Trinajstić information content (AvgIpc) is 2.52. The summed E-state index contributed by atoms with van der Waals surface area (Å²) in [7, 11) is 0. The first kappa shape index (κ1) is 13.0. The first-order chi connectivity index (χ1) is 8.69. The van der Waals surface area contributed by atoms with Gasteiger partial charge in [0.2, 0.25) is 0 Å². The number of benzene rings is 1. The normalized spacial score (nSPS) is 16.2. The van der Waals surface area contributed by atoms with E-state index in [0.717, 1.165) is 29.4 Å². The standard InChI is InChI=1S/C16H22O2/c1-4-5-12(2)8-14-6-7-15-16(9-14)18-11-13(3)10-17-15/h6-7,9,12H,3-5,8,10-11H2,1-2H3. The Labute approximate surface area is 110 Å². The van der Waals surface area contributed by atoms with Crippen molar-refractivity contribution in [2.24, 2.45) is 5.92 Å². The second kappa shape index (κ2) is 5.94. The van der Waals surface area contributed by atoms with Crippen LogP contribution >= 0.6 is 0 Å².